The van der Waals surface area contributed by atoms with E-state index in [9.17, 15) is 68.3 Å². The minimum Gasteiger partial charge on any atom is -0.480 e. The first kappa shape index (κ1) is 52.7. The van der Waals surface area contributed by atoms with Crippen molar-refractivity contribution in [3.63, 3.8) is 0 Å². The van der Waals surface area contributed by atoms with Gasteiger partial charge in [-0.2, -0.15) is 0 Å². The van der Waals surface area contributed by atoms with Gasteiger partial charge in [0.05, 0.1) is 44.7 Å². The Hall–Kier alpha value is -1.65. The monoisotopic (exact) mass is 845 g/mol. The Morgan fingerprint density at radius 1 is 0.680 bits per heavy atom. The Balaban J connectivity index is -0.00000552. The lowest BCUT2D eigenvalue weighted by atomic mass is 10.3. The number of imidazole rings is 1. The molecule has 27 heteroatoms. The molecule has 0 saturated carbocycles. The summed E-state index contributed by atoms with van der Waals surface area (Å²) in [5.41, 5.74) is 0.274. The van der Waals surface area contributed by atoms with Gasteiger partial charge >= 0.3 is 33.1 Å². The first-order valence-corrected chi connectivity index (χ1v) is 17.2. The molecule has 9 N–H and O–H groups in total. The average molecular weight is 847 g/mol. The van der Waals surface area contributed by atoms with Crippen LogP contribution in [0.15, 0.2) is 12.5 Å². The number of amides is 1. The van der Waals surface area contributed by atoms with E-state index in [1.807, 2.05) is 0 Å². The van der Waals surface area contributed by atoms with Gasteiger partial charge in [-0.15, -0.1) is 49.6 Å². The van der Waals surface area contributed by atoms with Gasteiger partial charge in [-0.05, 0) is 0 Å². The number of aliphatic hydroxyl groups is 1. The second kappa shape index (κ2) is 23.8. The van der Waals surface area contributed by atoms with Gasteiger partial charge in [0.15, 0.2) is 0 Å². The van der Waals surface area contributed by atoms with Crippen LogP contribution in [-0.2, 0) is 41.3 Å². The summed E-state index contributed by atoms with van der Waals surface area (Å²) in [5, 5.41) is 37.0. The fraction of sp³-hybridized carbons (Fsp3) is 0.696. The largest absolute Gasteiger partial charge is 0.480 e. The first-order valence-electron chi connectivity index (χ1n) is 13.9. The summed E-state index contributed by atoms with van der Waals surface area (Å²) in [6, 6.07) is 0. The zero-order chi connectivity index (χ0) is 34.7. The maximum atomic E-state index is 12.8. The van der Waals surface area contributed by atoms with E-state index in [2.05, 4.69) is 10.3 Å². The third-order valence-corrected chi connectivity index (χ3v) is 10.8. The molecule has 0 atom stereocenters. The molecule has 1 aromatic heterocycles. The molecule has 0 spiro atoms. The molecule has 1 aromatic rings. The van der Waals surface area contributed by atoms with Gasteiger partial charge in [-0.25, -0.2) is 4.98 Å². The molecule has 2 heterocycles. The van der Waals surface area contributed by atoms with Gasteiger partial charge < -0.3 is 49.9 Å². The second-order valence-corrected chi connectivity index (χ2v) is 14.8. The molecule has 1 aliphatic heterocycles. The van der Waals surface area contributed by atoms with Crippen LogP contribution < -0.4 is 5.32 Å². The normalized spacial score (nSPS) is 16.2. The zero-order valence-corrected chi connectivity index (χ0v) is 31.6. The first-order chi connectivity index (χ1) is 21.3. The van der Waals surface area contributed by atoms with Gasteiger partial charge in [0, 0.05) is 71.5 Å². The van der Waals surface area contributed by atoms with Crippen molar-refractivity contribution < 1.29 is 68.3 Å². The van der Waals surface area contributed by atoms with E-state index >= 15 is 0 Å². The molecule has 0 unspecified atom stereocenters. The Kier molecular flexibility index (Phi) is 25.1. The molecule has 0 bridgehead atoms. The minimum absolute atomic E-state index is 0. The maximum absolute atomic E-state index is 12.8. The molecule has 2 rings (SSSR count). The Morgan fingerprint density at radius 3 is 1.34 bits per heavy atom. The highest BCUT2D eigenvalue weighted by Crippen LogP contribution is 2.68. The fourth-order valence-electron chi connectivity index (χ4n) is 4.59. The number of rotatable bonds is 15. The summed E-state index contributed by atoms with van der Waals surface area (Å²) >= 11 is 0. The van der Waals surface area contributed by atoms with Crippen LogP contribution in [0.3, 0.4) is 0 Å². The third kappa shape index (κ3) is 18.2. The number of nitrogens with one attached hydrogen (secondary N) is 1. The molecule has 1 saturated heterocycles. The lowest BCUT2D eigenvalue weighted by Gasteiger charge is -2.32. The molecule has 0 aromatic carbocycles. The molecule has 294 valence electrons. The van der Waals surface area contributed by atoms with E-state index in [0.717, 1.165) is 10.9 Å². The molecule has 1 aliphatic rings. The predicted molar refractivity (Wildman–Crippen MR) is 186 cm³/mol. The number of nitrogens with zero attached hydrogens (tertiary/aromatic N) is 6. The standard InChI is InChI=1S/C23H41N7O14P2.4ClH/c31-19(24-2-1-18-11-30(17-25-18)16-23(38,45(39,40)41)46(42,43)44)12-26-3-5-27(13-20(32)33)7-9-29(15-22(36)37)10-8-28(6-4-26)14-21(34)35;;;;/h11,17,38H,1-10,12-16H2,(H,24,31)(H,32,33)(H,34,35)(H,36,37)(H2,39,40,41)(H2,42,43,44);4*1H. The van der Waals surface area contributed by atoms with Crippen molar-refractivity contribution in [1.82, 2.24) is 34.5 Å². The Bertz CT molecular complexity index is 1270. The van der Waals surface area contributed by atoms with Crippen LogP contribution in [0.25, 0.3) is 0 Å². The summed E-state index contributed by atoms with van der Waals surface area (Å²) in [6.45, 7) is -0.281. The zero-order valence-electron chi connectivity index (χ0n) is 26.5. The van der Waals surface area contributed by atoms with Crippen LogP contribution >= 0.6 is 64.8 Å². The molecule has 0 aliphatic carbocycles. The van der Waals surface area contributed by atoms with Gasteiger partial charge in [0.1, 0.15) is 0 Å². The number of aromatic nitrogens is 2. The number of carboxylic acids is 3. The number of halogens is 4. The number of hydrogen-bond acceptors (Lipinski definition) is 12. The number of carbonyl (C=O) groups is 4. The van der Waals surface area contributed by atoms with E-state index in [1.54, 1.807) is 19.6 Å². The topological polar surface area (TPSA) is 307 Å². The van der Waals surface area contributed by atoms with Crippen molar-refractivity contribution in [3.8, 4) is 0 Å². The summed E-state index contributed by atoms with van der Waals surface area (Å²) in [4.78, 5) is 94.8. The van der Waals surface area contributed by atoms with Gasteiger partial charge in [0.2, 0.25) is 5.91 Å². The summed E-state index contributed by atoms with van der Waals surface area (Å²) in [6.07, 6.45) is 2.32. The van der Waals surface area contributed by atoms with Crippen molar-refractivity contribution in [3.05, 3.63) is 18.2 Å². The van der Waals surface area contributed by atoms with Crippen molar-refractivity contribution >= 4 is 88.6 Å². The van der Waals surface area contributed by atoms with E-state index in [1.165, 1.54) is 6.20 Å². The molecule has 50 heavy (non-hydrogen) atoms. The van der Waals surface area contributed by atoms with E-state index in [4.69, 9.17) is 0 Å². The highest BCUT2D eigenvalue weighted by Gasteiger charge is 2.59. The number of carbonyl (C=O) groups excluding carboxylic acids is 1. The highest BCUT2D eigenvalue weighted by atomic mass is 35.5. The number of hydrogen-bond donors (Lipinski definition) is 9. The van der Waals surface area contributed by atoms with Crippen LogP contribution in [0.2, 0.25) is 0 Å². The average Bonchev–Trinajstić information content (AvgIpc) is 3.34. The molecular weight excluding hydrogens is 802 g/mol. The van der Waals surface area contributed by atoms with Gasteiger partial charge in [0.25, 0.3) is 5.08 Å². The second-order valence-electron chi connectivity index (χ2n) is 10.8. The van der Waals surface area contributed by atoms with Crippen LogP contribution in [0.1, 0.15) is 5.69 Å². The van der Waals surface area contributed by atoms with Crippen molar-refractivity contribution in [2.75, 3.05) is 85.1 Å². The predicted octanol–water partition coefficient (Wildman–Crippen LogP) is -2.29. The summed E-state index contributed by atoms with van der Waals surface area (Å²) in [7, 11) is -11.3. The highest BCUT2D eigenvalue weighted by molar-refractivity contribution is 7.72. The Morgan fingerprint density at radius 2 is 1.02 bits per heavy atom. The number of aliphatic carboxylic acids is 3. The fourth-order valence-corrected chi connectivity index (χ4v) is 6.65. The molecule has 1 amide bonds. The smallest absolute Gasteiger partial charge is 0.371 e. The van der Waals surface area contributed by atoms with E-state index in [-0.39, 0.29) is 147 Å². The molecule has 1 fully saturated rings. The van der Waals surface area contributed by atoms with Crippen LogP contribution in [0.5, 0.6) is 0 Å². The van der Waals surface area contributed by atoms with Crippen LogP contribution in [0.4, 0.5) is 0 Å². The summed E-state index contributed by atoms with van der Waals surface area (Å²) in [5.74, 6) is -3.65. The van der Waals surface area contributed by atoms with Crippen molar-refractivity contribution in [1.29, 1.82) is 0 Å². The SMILES string of the molecule is Cl.Cl.Cl.Cl.O=C(O)CN1CCN(CC(=O)O)CCN(CC(=O)NCCc2cn(CC(O)(P(=O)(O)O)P(=O)(O)O)cn2)CCN(CC(=O)O)CC1. The maximum Gasteiger partial charge on any atom is 0.371 e. The quantitative estimate of drug-likeness (QED) is 0.0839. The van der Waals surface area contributed by atoms with Crippen LogP contribution in [0, 0.1) is 0 Å². The summed E-state index contributed by atoms with van der Waals surface area (Å²) < 4.78 is 24.1. The third-order valence-electron chi connectivity index (χ3n) is 7.09. The number of carboxylic acid groups (broad SMARTS) is 3. The van der Waals surface area contributed by atoms with Crippen molar-refractivity contribution in [2.24, 2.45) is 0 Å². The molecular formula is C23H45Cl4N7O14P2. The van der Waals surface area contributed by atoms with Gasteiger partial charge in [-0.3, -0.25) is 47.9 Å². The van der Waals surface area contributed by atoms with Crippen LogP contribution in [-0.4, -0.2) is 183 Å². The van der Waals surface area contributed by atoms with Gasteiger partial charge in [-0.1, -0.05) is 0 Å². The van der Waals surface area contributed by atoms with E-state index in [0.29, 0.717) is 0 Å². The lowest BCUT2D eigenvalue weighted by molar-refractivity contribution is -0.140. The van der Waals surface area contributed by atoms with E-state index < -0.39 is 50.6 Å². The molecule has 21 nitrogen and oxygen atoms in total. The van der Waals surface area contributed by atoms with Crippen molar-refractivity contribution in [2.45, 2.75) is 18.0 Å². The minimum atomic E-state index is -5.67. The molecule has 0 radical (unpaired) electrons. The Labute approximate surface area is 311 Å². The lowest BCUT2D eigenvalue weighted by Crippen LogP contribution is -2.49.